The molecule has 1 aliphatic carbocycles. The molecule has 4 rings (SSSR count). The van der Waals surface area contributed by atoms with Gasteiger partial charge in [-0.25, -0.2) is 0 Å². The number of amides is 1. The van der Waals surface area contributed by atoms with Crippen molar-refractivity contribution in [3.8, 4) is 0 Å². The van der Waals surface area contributed by atoms with Crippen molar-refractivity contribution in [2.45, 2.75) is 32.1 Å². The average molecular weight is 270 g/mol. The lowest BCUT2D eigenvalue weighted by Gasteiger charge is -2.24. The Labute approximate surface area is 120 Å². The van der Waals surface area contributed by atoms with Crippen LogP contribution in [0.1, 0.15) is 41.6 Å². The molecule has 2 unspecified atom stereocenters. The van der Waals surface area contributed by atoms with Crippen molar-refractivity contribution in [1.29, 1.82) is 0 Å². The number of likely N-dealkylation sites (tertiary alicyclic amines) is 1. The van der Waals surface area contributed by atoms with E-state index >= 15 is 0 Å². The van der Waals surface area contributed by atoms with E-state index in [0.29, 0.717) is 0 Å². The van der Waals surface area contributed by atoms with Crippen LogP contribution in [0.4, 0.5) is 5.69 Å². The van der Waals surface area contributed by atoms with Gasteiger partial charge in [-0.3, -0.25) is 4.79 Å². The SMILES string of the molecule is O=C(c1cccc2c1CCCN2)N1CC2CCCC2C1. The normalized spacial score (nSPS) is 27.9. The summed E-state index contributed by atoms with van der Waals surface area (Å²) >= 11 is 0. The number of rotatable bonds is 1. The van der Waals surface area contributed by atoms with E-state index < -0.39 is 0 Å². The molecular weight excluding hydrogens is 248 g/mol. The lowest BCUT2D eigenvalue weighted by atomic mass is 9.97. The van der Waals surface area contributed by atoms with Gasteiger partial charge in [-0.1, -0.05) is 12.5 Å². The third-order valence-electron chi connectivity index (χ3n) is 5.34. The largest absolute Gasteiger partial charge is 0.385 e. The monoisotopic (exact) mass is 270 g/mol. The first-order valence-corrected chi connectivity index (χ1v) is 7.98. The van der Waals surface area contributed by atoms with Crippen LogP contribution in [-0.2, 0) is 6.42 Å². The molecule has 3 aliphatic rings. The fraction of sp³-hybridized carbons (Fsp3) is 0.588. The summed E-state index contributed by atoms with van der Waals surface area (Å²) < 4.78 is 0. The number of anilines is 1. The minimum absolute atomic E-state index is 0.264. The molecule has 106 valence electrons. The molecule has 1 aromatic rings. The van der Waals surface area contributed by atoms with E-state index in [1.165, 1.54) is 30.5 Å². The van der Waals surface area contributed by atoms with Gasteiger partial charge in [0, 0.05) is 30.9 Å². The van der Waals surface area contributed by atoms with Crippen molar-refractivity contribution < 1.29 is 4.79 Å². The second-order valence-electron chi connectivity index (χ2n) is 6.52. The van der Waals surface area contributed by atoms with Crippen LogP contribution in [-0.4, -0.2) is 30.4 Å². The molecule has 1 amide bonds. The highest BCUT2D eigenvalue weighted by molar-refractivity contribution is 5.97. The zero-order valence-electron chi connectivity index (χ0n) is 11.9. The molecule has 20 heavy (non-hydrogen) atoms. The maximum atomic E-state index is 12.8. The predicted octanol–water partition coefficient (Wildman–Crippen LogP) is 2.92. The molecule has 3 nitrogen and oxygen atoms in total. The van der Waals surface area contributed by atoms with Gasteiger partial charge < -0.3 is 10.2 Å². The zero-order chi connectivity index (χ0) is 13.5. The van der Waals surface area contributed by atoms with Crippen molar-refractivity contribution in [2.24, 2.45) is 11.8 Å². The molecule has 0 radical (unpaired) electrons. The molecule has 2 heterocycles. The van der Waals surface area contributed by atoms with Gasteiger partial charge in [-0.2, -0.15) is 0 Å². The number of nitrogens with one attached hydrogen (secondary N) is 1. The molecule has 1 N–H and O–H groups in total. The smallest absolute Gasteiger partial charge is 0.254 e. The topological polar surface area (TPSA) is 32.3 Å². The van der Waals surface area contributed by atoms with Gasteiger partial charge in [0.15, 0.2) is 0 Å². The molecule has 1 aromatic carbocycles. The van der Waals surface area contributed by atoms with Crippen molar-refractivity contribution in [1.82, 2.24) is 4.90 Å². The predicted molar refractivity (Wildman–Crippen MR) is 80.0 cm³/mol. The lowest BCUT2D eigenvalue weighted by molar-refractivity contribution is 0.0779. The Morgan fingerprint density at radius 3 is 2.75 bits per heavy atom. The van der Waals surface area contributed by atoms with Gasteiger partial charge in [0.05, 0.1) is 0 Å². The van der Waals surface area contributed by atoms with E-state index in [2.05, 4.69) is 16.3 Å². The zero-order valence-corrected chi connectivity index (χ0v) is 11.9. The summed E-state index contributed by atoms with van der Waals surface area (Å²) in [6.45, 7) is 3.00. The quantitative estimate of drug-likeness (QED) is 0.851. The van der Waals surface area contributed by atoms with Crippen LogP contribution < -0.4 is 5.32 Å². The highest BCUT2D eigenvalue weighted by Gasteiger charge is 2.38. The summed E-state index contributed by atoms with van der Waals surface area (Å²) in [7, 11) is 0. The summed E-state index contributed by atoms with van der Waals surface area (Å²) in [5.41, 5.74) is 3.34. The Balaban J connectivity index is 1.60. The van der Waals surface area contributed by atoms with Crippen LogP contribution in [0, 0.1) is 11.8 Å². The maximum absolute atomic E-state index is 12.8. The number of fused-ring (bicyclic) bond motifs is 2. The fourth-order valence-corrected chi connectivity index (χ4v) is 4.28. The van der Waals surface area contributed by atoms with Gasteiger partial charge in [-0.05, 0) is 55.2 Å². The Hall–Kier alpha value is -1.51. The van der Waals surface area contributed by atoms with E-state index in [9.17, 15) is 4.79 Å². The van der Waals surface area contributed by atoms with Crippen LogP contribution in [0.25, 0.3) is 0 Å². The molecule has 0 bridgehead atoms. The van der Waals surface area contributed by atoms with Crippen LogP contribution in [0.3, 0.4) is 0 Å². The van der Waals surface area contributed by atoms with Gasteiger partial charge in [0.1, 0.15) is 0 Å². The van der Waals surface area contributed by atoms with Crippen LogP contribution in [0.15, 0.2) is 18.2 Å². The van der Waals surface area contributed by atoms with Gasteiger partial charge in [0.2, 0.25) is 0 Å². The third-order valence-corrected chi connectivity index (χ3v) is 5.34. The molecule has 1 saturated carbocycles. The van der Waals surface area contributed by atoms with Crippen molar-refractivity contribution in [2.75, 3.05) is 25.0 Å². The summed E-state index contributed by atoms with van der Waals surface area (Å²) in [6, 6.07) is 6.13. The number of hydrogen-bond acceptors (Lipinski definition) is 2. The first kappa shape index (κ1) is 12.2. The highest BCUT2D eigenvalue weighted by atomic mass is 16.2. The number of carbonyl (C=O) groups excluding carboxylic acids is 1. The third kappa shape index (κ3) is 1.91. The van der Waals surface area contributed by atoms with E-state index in [1.807, 2.05) is 12.1 Å². The van der Waals surface area contributed by atoms with Gasteiger partial charge in [-0.15, -0.1) is 0 Å². The second kappa shape index (κ2) is 4.80. The Morgan fingerprint density at radius 1 is 1.15 bits per heavy atom. The summed E-state index contributed by atoms with van der Waals surface area (Å²) in [4.78, 5) is 15.0. The minimum atomic E-state index is 0.264. The summed E-state index contributed by atoms with van der Waals surface area (Å²) in [5, 5.41) is 3.42. The fourth-order valence-electron chi connectivity index (χ4n) is 4.28. The molecule has 2 aliphatic heterocycles. The number of nitrogens with zero attached hydrogens (tertiary/aromatic N) is 1. The summed E-state index contributed by atoms with van der Waals surface area (Å²) in [5.74, 6) is 1.81. The Morgan fingerprint density at radius 2 is 1.95 bits per heavy atom. The molecule has 2 fully saturated rings. The van der Waals surface area contributed by atoms with E-state index in [4.69, 9.17) is 0 Å². The van der Waals surface area contributed by atoms with Crippen LogP contribution >= 0.6 is 0 Å². The van der Waals surface area contributed by atoms with Crippen molar-refractivity contribution >= 4 is 11.6 Å². The Bertz CT molecular complexity index is 528. The van der Waals surface area contributed by atoms with Gasteiger partial charge >= 0.3 is 0 Å². The van der Waals surface area contributed by atoms with Crippen molar-refractivity contribution in [3.63, 3.8) is 0 Å². The lowest BCUT2D eigenvalue weighted by Crippen LogP contribution is -2.31. The average Bonchev–Trinajstić information content (AvgIpc) is 3.07. The maximum Gasteiger partial charge on any atom is 0.254 e. The number of hydrogen-bond donors (Lipinski definition) is 1. The number of carbonyl (C=O) groups is 1. The molecule has 2 atom stereocenters. The minimum Gasteiger partial charge on any atom is -0.385 e. The van der Waals surface area contributed by atoms with E-state index in [-0.39, 0.29) is 5.91 Å². The van der Waals surface area contributed by atoms with Crippen molar-refractivity contribution in [3.05, 3.63) is 29.3 Å². The first-order chi connectivity index (χ1) is 9.83. The van der Waals surface area contributed by atoms with Gasteiger partial charge in [0.25, 0.3) is 5.91 Å². The standard InChI is InChI=1S/C17H22N2O/c20-17(19-10-12-4-1-5-13(12)11-19)15-6-2-8-16-14(15)7-3-9-18-16/h2,6,8,12-13,18H,1,3-5,7,9-11H2. The van der Waals surface area contributed by atoms with E-state index in [1.54, 1.807) is 0 Å². The molecular formula is C17H22N2O. The number of benzene rings is 1. The second-order valence-corrected chi connectivity index (χ2v) is 6.52. The molecule has 1 saturated heterocycles. The highest BCUT2D eigenvalue weighted by Crippen LogP contribution is 2.38. The molecule has 0 aromatic heterocycles. The van der Waals surface area contributed by atoms with E-state index in [0.717, 1.165) is 49.9 Å². The van der Waals surface area contributed by atoms with Crippen LogP contribution in [0.2, 0.25) is 0 Å². The molecule has 3 heteroatoms. The first-order valence-electron chi connectivity index (χ1n) is 7.98. The Kier molecular flexibility index (Phi) is 2.94. The van der Waals surface area contributed by atoms with Crippen LogP contribution in [0.5, 0.6) is 0 Å². The summed E-state index contributed by atoms with van der Waals surface area (Å²) in [6.07, 6.45) is 6.17. The molecule has 0 spiro atoms.